The van der Waals surface area contributed by atoms with E-state index in [9.17, 15) is 14.4 Å². The first kappa shape index (κ1) is 22.9. The quantitative estimate of drug-likeness (QED) is 0.306. The molecule has 7 nitrogen and oxygen atoms in total. The van der Waals surface area contributed by atoms with Crippen molar-refractivity contribution in [3.05, 3.63) is 118 Å². The monoisotopic (exact) mass is 473 g/mol. The molecule has 1 amide bonds. The second-order valence-electron chi connectivity index (χ2n) is 7.41. The van der Waals surface area contributed by atoms with Crippen molar-refractivity contribution in [2.24, 2.45) is 0 Å². The number of aromatic nitrogens is 2. The second-order valence-corrected chi connectivity index (χ2v) is 7.85. The van der Waals surface area contributed by atoms with Crippen LogP contribution in [-0.4, -0.2) is 34.6 Å². The number of benzene rings is 3. The number of hydrogen-bond acceptors (Lipinski definition) is 5. The highest BCUT2D eigenvalue weighted by Crippen LogP contribution is 2.19. The van der Waals surface area contributed by atoms with Crippen LogP contribution in [0.4, 0.5) is 5.69 Å². The number of rotatable bonds is 7. The molecular formula is C26H20ClN3O4. The molecule has 0 saturated heterocycles. The molecule has 4 aromatic rings. The van der Waals surface area contributed by atoms with E-state index in [0.29, 0.717) is 28.4 Å². The Kier molecular flexibility index (Phi) is 6.85. The largest absolute Gasteiger partial charge is 0.465 e. The Bertz CT molecular complexity index is 1360. The van der Waals surface area contributed by atoms with Gasteiger partial charge in [0.15, 0.2) is 5.78 Å². The molecule has 0 fully saturated rings. The molecule has 1 aromatic heterocycles. The highest BCUT2D eigenvalue weighted by Gasteiger charge is 2.19. The fourth-order valence-corrected chi connectivity index (χ4v) is 3.62. The van der Waals surface area contributed by atoms with Crippen LogP contribution in [0, 0.1) is 0 Å². The molecule has 0 bridgehead atoms. The third-order valence-electron chi connectivity index (χ3n) is 5.17. The first-order chi connectivity index (χ1) is 16.5. The van der Waals surface area contributed by atoms with Gasteiger partial charge in [-0.3, -0.25) is 14.3 Å². The molecule has 0 aliphatic carbocycles. The fourth-order valence-electron chi connectivity index (χ4n) is 3.49. The topological polar surface area (TPSA) is 90.3 Å². The molecule has 4 rings (SSSR count). The summed E-state index contributed by atoms with van der Waals surface area (Å²) in [6, 6.07) is 20.2. The number of esters is 1. The Morgan fingerprint density at radius 2 is 1.56 bits per heavy atom. The average molecular weight is 474 g/mol. The van der Waals surface area contributed by atoms with E-state index >= 15 is 0 Å². The van der Waals surface area contributed by atoms with Gasteiger partial charge in [-0.25, -0.2) is 4.79 Å². The van der Waals surface area contributed by atoms with Gasteiger partial charge in [0.05, 0.1) is 36.7 Å². The maximum Gasteiger partial charge on any atom is 0.338 e. The Morgan fingerprint density at radius 1 is 0.912 bits per heavy atom. The van der Waals surface area contributed by atoms with E-state index in [-0.39, 0.29) is 16.9 Å². The molecule has 0 atom stereocenters. The van der Waals surface area contributed by atoms with Crippen LogP contribution in [0.2, 0.25) is 5.02 Å². The molecule has 0 saturated carbocycles. The van der Waals surface area contributed by atoms with Crippen LogP contribution in [0.3, 0.4) is 0 Å². The van der Waals surface area contributed by atoms with Crippen molar-refractivity contribution in [1.29, 1.82) is 0 Å². The van der Waals surface area contributed by atoms with Gasteiger partial charge in [-0.1, -0.05) is 48.0 Å². The summed E-state index contributed by atoms with van der Waals surface area (Å²) in [5.74, 6) is -1.15. The normalized spacial score (nSPS) is 10.5. The van der Waals surface area contributed by atoms with Gasteiger partial charge >= 0.3 is 5.97 Å². The van der Waals surface area contributed by atoms with E-state index in [1.807, 2.05) is 12.1 Å². The number of nitrogens with zero attached hydrogens (tertiary/aromatic N) is 2. The Morgan fingerprint density at radius 3 is 2.26 bits per heavy atom. The lowest BCUT2D eigenvalue weighted by molar-refractivity contribution is 0.0599. The number of carbonyl (C=O) groups is 3. The van der Waals surface area contributed by atoms with E-state index in [1.165, 1.54) is 13.3 Å². The molecule has 0 aliphatic rings. The maximum absolute atomic E-state index is 13.0. The molecular weight excluding hydrogens is 454 g/mol. The summed E-state index contributed by atoms with van der Waals surface area (Å²) in [4.78, 5) is 38.0. The van der Waals surface area contributed by atoms with Crippen molar-refractivity contribution < 1.29 is 19.1 Å². The lowest BCUT2D eigenvalue weighted by Crippen LogP contribution is -2.16. The van der Waals surface area contributed by atoms with Gasteiger partial charge in [0.1, 0.15) is 0 Å². The van der Waals surface area contributed by atoms with Crippen molar-refractivity contribution in [1.82, 2.24) is 9.78 Å². The van der Waals surface area contributed by atoms with Crippen LogP contribution < -0.4 is 5.32 Å². The summed E-state index contributed by atoms with van der Waals surface area (Å²) < 4.78 is 6.43. The Hall–Kier alpha value is -4.23. The highest BCUT2D eigenvalue weighted by atomic mass is 35.5. The first-order valence-corrected chi connectivity index (χ1v) is 10.7. The average Bonchev–Trinajstić information content (AvgIpc) is 3.30. The minimum absolute atomic E-state index is 0.242. The molecule has 0 radical (unpaired) electrons. The van der Waals surface area contributed by atoms with Gasteiger partial charge in [0.25, 0.3) is 5.91 Å². The Balaban J connectivity index is 1.52. The number of ether oxygens (including phenoxy) is 1. The van der Waals surface area contributed by atoms with E-state index in [1.54, 1.807) is 71.5 Å². The van der Waals surface area contributed by atoms with Crippen LogP contribution in [0.25, 0.3) is 0 Å². The molecule has 3 aromatic carbocycles. The third-order valence-corrected chi connectivity index (χ3v) is 5.42. The van der Waals surface area contributed by atoms with Crippen molar-refractivity contribution >= 4 is 34.9 Å². The second kappa shape index (κ2) is 10.1. The van der Waals surface area contributed by atoms with Crippen LogP contribution in [-0.2, 0) is 11.3 Å². The van der Waals surface area contributed by atoms with Crippen molar-refractivity contribution in [2.45, 2.75) is 6.54 Å². The number of anilines is 1. The molecule has 0 spiro atoms. The number of nitrogens with one attached hydrogen (secondary N) is 1. The lowest BCUT2D eigenvalue weighted by atomic mass is 9.98. The van der Waals surface area contributed by atoms with Gasteiger partial charge < -0.3 is 10.1 Å². The number of ketones is 1. The van der Waals surface area contributed by atoms with Crippen LogP contribution in [0.15, 0.2) is 85.2 Å². The summed E-state index contributed by atoms with van der Waals surface area (Å²) in [5.41, 5.74) is 2.58. The number of hydrogen-bond donors (Lipinski definition) is 1. The zero-order valence-electron chi connectivity index (χ0n) is 18.2. The summed E-state index contributed by atoms with van der Waals surface area (Å²) in [7, 11) is 1.33. The van der Waals surface area contributed by atoms with Crippen LogP contribution >= 0.6 is 11.6 Å². The van der Waals surface area contributed by atoms with E-state index in [2.05, 4.69) is 10.4 Å². The summed E-state index contributed by atoms with van der Waals surface area (Å²) in [5, 5.41) is 7.57. The minimum atomic E-state index is -0.438. The van der Waals surface area contributed by atoms with E-state index in [4.69, 9.17) is 16.3 Å². The molecule has 8 heteroatoms. The van der Waals surface area contributed by atoms with Crippen molar-refractivity contribution in [2.75, 3.05) is 12.4 Å². The zero-order chi connectivity index (χ0) is 24.1. The smallest absolute Gasteiger partial charge is 0.338 e. The van der Waals surface area contributed by atoms with Gasteiger partial charge in [-0.2, -0.15) is 5.10 Å². The van der Waals surface area contributed by atoms with Crippen molar-refractivity contribution in [3.63, 3.8) is 0 Å². The van der Waals surface area contributed by atoms with Crippen LogP contribution in [0.5, 0.6) is 0 Å². The molecule has 1 heterocycles. The molecule has 1 N–H and O–H groups in total. The summed E-state index contributed by atoms with van der Waals surface area (Å²) in [6.45, 7) is 0.312. The summed E-state index contributed by atoms with van der Waals surface area (Å²) in [6.07, 6.45) is 3.15. The van der Waals surface area contributed by atoms with Gasteiger partial charge in [-0.15, -0.1) is 0 Å². The Labute approximate surface area is 200 Å². The molecule has 0 unspecified atom stereocenters. The molecule has 0 aliphatic heterocycles. The SMILES string of the molecule is COC(=O)c1ccccc1Cn1cc(NC(=O)c2ccccc2C(=O)c2ccc(Cl)cc2)cn1. The highest BCUT2D eigenvalue weighted by molar-refractivity contribution is 6.30. The summed E-state index contributed by atoms with van der Waals surface area (Å²) >= 11 is 5.91. The van der Waals surface area contributed by atoms with Gasteiger partial charge in [0, 0.05) is 22.3 Å². The fraction of sp³-hybridized carbons (Fsp3) is 0.0769. The van der Waals surface area contributed by atoms with E-state index < -0.39 is 11.9 Å². The molecule has 170 valence electrons. The molecule has 34 heavy (non-hydrogen) atoms. The van der Waals surface area contributed by atoms with Crippen molar-refractivity contribution in [3.8, 4) is 0 Å². The number of methoxy groups -OCH3 is 1. The van der Waals surface area contributed by atoms with E-state index in [0.717, 1.165) is 5.56 Å². The lowest BCUT2D eigenvalue weighted by Gasteiger charge is -2.09. The van der Waals surface area contributed by atoms with Gasteiger partial charge in [-0.05, 0) is 42.0 Å². The predicted molar refractivity (Wildman–Crippen MR) is 128 cm³/mol. The van der Waals surface area contributed by atoms with Crippen LogP contribution in [0.1, 0.15) is 42.2 Å². The zero-order valence-corrected chi connectivity index (χ0v) is 19.0. The number of halogens is 1. The predicted octanol–water partition coefficient (Wildman–Crippen LogP) is 4.85. The minimum Gasteiger partial charge on any atom is -0.465 e. The first-order valence-electron chi connectivity index (χ1n) is 10.4. The standard InChI is InChI=1S/C26H20ClN3O4/c1-34-26(33)21-7-3-2-6-18(21)15-30-16-20(14-28-30)29-25(32)23-9-5-4-8-22(23)24(31)17-10-12-19(27)13-11-17/h2-14,16H,15H2,1H3,(H,29,32). The number of amides is 1. The van der Waals surface area contributed by atoms with Gasteiger partial charge in [0.2, 0.25) is 0 Å². The third kappa shape index (κ3) is 5.05. The maximum atomic E-state index is 13.0. The number of carbonyl (C=O) groups excluding carboxylic acids is 3.